The minimum Gasteiger partial charge on any atom is -0.366 e. The van der Waals surface area contributed by atoms with E-state index in [2.05, 4.69) is 17.5 Å². The van der Waals surface area contributed by atoms with Crippen LogP contribution >= 0.6 is 0 Å². The average molecular weight is 349 g/mol. The van der Waals surface area contributed by atoms with Crippen LogP contribution in [0.4, 0.5) is 10.5 Å². The molecule has 0 saturated carbocycles. The van der Waals surface area contributed by atoms with Gasteiger partial charge in [-0.15, -0.1) is 0 Å². The monoisotopic (exact) mass is 349 g/mol. The number of anilines is 1. The lowest BCUT2D eigenvalue weighted by molar-refractivity contribution is 0.0999. The number of carbonyl (C=O) groups is 2. The predicted octanol–water partition coefficient (Wildman–Crippen LogP) is 3.80. The highest BCUT2D eigenvalue weighted by Crippen LogP contribution is 2.22. The number of rotatable bonds is 4. The maximum Gasteiger partial charge on any atom is 0.322 e. The molecule has 0 radical (unpaired) electrons. The van der Waals surface area contributed by atoms with Crippen molar-refractivity contribution in [1.82, 2.24) is 4.90 Å². The van der Waals surface area contributed by atoms with Gasteiger partial charge in [-0.05, 0) is 49.1 Å². The van der Waals surface area contributed by atoms with Crippen molar-refractivity contribution in [2.45, 2.75) is 25.8 Å². The molecular formula is C21H23N3O2. The smallest absolute Gasteiger partial charge is 0.322 e. The predicted molar refractivity (Wildman–Crippen MR) is 104 cm³/mol. The molecule has 0 bridgehead atoms. The number of benzene rings is 2. The minimum atomic E-state index is -0.467. The summed E-state index contributed by atoms with van der Waals surface area (Å²) >= 11 is 0. The van der Waals surface area contributed by atoms with Crippen LogP contribution in [0.3, 0.4) is 0 Å². The summed E-state index contributed by atoms with van der Waals surface area (Å²) in [7, 11) is 0. The normalized spacial score (nSPS) is 16.8. The second kappa shape index (κ2) is 7.87. The van der Waals surface area contributed by atoms with Crippen molar-refractivity contribution in [2.24, 2.45) is 5.73 Å². The summed E-state index contributed by atoms with van der Waals surface area (Å²) in [6, 6.07) is 15.1. The van der Waals surface area contributed by atoms with Crippen molar-refractivity contribution < 1.29 is 9.59 Å². The van der Waals surface area contributed by atoms with Crippen LogP contribution in [0.2, 0.25) is 0 Å². The molecule has 3 amide bonds. The van der Waals surface area contributed by atoms with Gasteiger partial charge in [-0.25, -0.2) is 4.79 Å². The van der Waals surface area contributed by atoms with E-state index in [1.165, 1.54) is 0 Å². The summed E-state index contributed by atoms with van der Waals surface area (Å²) in [6.45, 7) is 2.53. The van der Waals surface area contributed by atoms with Gasteiger partial charge in [0.1, 0.15) is 0 Å². The van der Waals surface area contributed by atoms with E-state index < -0.39 is 5.91 Å². The zero-order chi connectivity index (χ0) is 18.5. The third kappa shape index (κ3) is 4.11. The Kier molecular flexibility index (Phi) is 5.37. The number of nitrogens with zero attached hydrogens (tertiary/aromatic N) is 1. The molecule has 0 aromatic heterocycles. The molecule has 3 N–H and O–H groups in total. The van der Waals surface area contributed by atoms with Crippen LogP contribution in [0.25, 0.3) is 6.08 Å². The molecule has 1 atom stereocenters. The molecule has 1 fully saturated rings. The first-order valence-corrected chi connectivity index (χ1v) is 8.76. The summed E-state index contributed by atoms with van der Waals surface area (Å²) in [5.41, 5.74) is 8.32. The maximum atomic E-state index is 12.7. The van der Waals surface area contributed by atoms with Crippen LogP contribution in [0.1, 0.15) is 34.3 Å². The van der Waals surface area contributed by atoms with E-state index >= 15 is 0 Å². The number of amides is 3. The Bertz CT molecular complexity index is 830. The van der Waals surface area contributed by atoms with Gasteiger partial charge < -0.3 is 16.0 Å². The van der Waals surface area contributed by atoms with Crippen LogP contribution in [0, 0.1) is 6.92 Å². The zero-order valence-electron chi connectivity index (χ0n) is 14.8. The molecular weight excluding hydrogens is 326 g/mol. The quantitative estimate of drug-likeness (QED) is 0.881. The van der Waals surface area contributed by atoms with Crippen molar-refractivity contribution in [3.63, 3.8) is 0 Å². The number of urea groups is 1. The van der Waals surface area contributed by atoms with Crippen LogP contribution in [0.5, 0.6) is 0 Å². The number of nitrogens with one attached hydrogen (secondary N) is 1. The number of carbonyl (C=O) groups excluding carboxylic acids is 2. The van der Waals surface area contributed by atoms with Crippen LogP contribution in [0.15, 0.2) is 54.6 Å². The Hall–Kier alpha value is -3.08. The molecule has 5 nitrogen and oxygen atoms in total. The van der Waals surface area contributed by atoms with Gasteiger partial charge in [0.25, 0.3) is 0 Å². The summed E-state index contributed by atoms with van der Waals surface area (Å²) in [6.07, 6.45) is 6.08. The Balaban J connectivity index is 1.68. The molecule has 1 heterocycles. The second-order valence-corrected chi connectivity index (χ2v) is 6.50. The maximum absolute atomic E-state index is 12.7. The number of primary amides is 1. The molecule has 5 heteroatoms. The first-order valence-electron chi connectivity index (χ1n) is 8.76. The molecule has 3 rings (SSSR count). The largest absolute Gasteiger partial charge is 0.366 e. The first kappa shape index (κ1) is 17.7. The van der Waals surface area contributed by atoms with Gasteiger partial charge in [-0.3, -0.25) is 4.79 Å². The van der Waals surface area contributed by atoms with Crippen molar-refractivity contribution >= 4 is 23.7 Å². The van der Waals surface area contributed by atoms with Crippen molar-refractivity contribution in [2.75, 3.05) is 11.9 Å². The molecule has 1 saturated heterocycles. The van der Waals surface area contributed by atoms with E-state index in [1.807, 2.05) is 35.2 Å². The van der Waals surface area contributed by atoms with Gasteiger partial charge in [0.2, 0.25) is 5.91 Å². The fourth-order valence-electron chi connectivity index (χ4n) is 3.24. The number of hydrogen-bond donors (Lipinski definition) is 2. The van der Waals surface area contributed by atoms with Gasteiger partial charge in [0.05, 0.1) is 6.04 Å². The van der Waals surface area contributed by atoms with E-state index in [1.54, 1.807) is 25.1 Å². The van der Waals surface area contributed by atoms with Gasteiger partial charge in [-0.2, -0.15) is 0 Å². The zero-order valence-corrected chi connectivity index (χ0v) is 14.8. The molecule has 0 unspecified atom stereocenters. The Morgan fingerprint density at radius 2 is 1.96 bits per heavy atom. The van der Waals surface area contributed by atoms with Crippen molar-refractivity contribution in [3.05, 3.63) is 71.3 Å². The molecule has 1 aliphatic rings. The minimum absolute atomic E-state index is 0.0844. The molecule has 0 spiro atoms. The van der Waals surface area contributed by atoms with Crippen molar-refractivity contribution in [3.8, 4) is 0 Å². The Morgan fingerprint density at radius 3 is 2.65 bits per heavy atom. The van der Waals surface area contributed by atoms with Crippen molar-refractivity contribution in [1.29, 1.82) is 0 Å². The Morgan fingerprint density at radius 1 is 1.19 bits per heavy atom. The number of nitrogens with two attached hydrogens (primary N) is 1. The molecule has 1 aliphatic heterocycles. The SMILES string of the molecule is Cc1cc(NC(=O)N2CCC[C@H]2/C=C/c2ccccc2)ccc1C(N)=O. The van der Waals surface area contributed by atoms with Crippen LogP contribution < -0.4 is 11.1 Å². The van der Waals surface area contributed by atoms with Gasteiger partial charge in [0, 0.05) is 17.8 Å². The van der Waals surface area contributed by atoms with E-state index in [9.17, 15) is 9.59 Å². The van der Waals surface area contributed by atoms with Crippen LogP contribution in [-0.2, 0) is 0 Å². The summed E-state index contributed by atoms with van der Waals surface area (Å²) in [5.74, 6) is -0.467. The summed E-state index contributed by atoms with van der Waals surface area (Å²) in [5, 5.41) is 2.92. The topological polar surface area (TPSA) is 75.4 Å². The third-order valence-corrected chi connectivity index (χ3v) is 4.61. The lowest BCUT2D eigenvalue weighted by atomic mass is 10.1. The molecule has 134 valence electrons. The van der Waals surface area contributed by atoms with Gasteiger partial charge >= 0.3 is 6.03 Å². The highest BCUT2D eigenvalue weighted by Gasteiger charge is 2.26. The fourth-order valence-corrected chi connectivity index (χ4v) is 3.24. The first-order chi connectivity index (χ1) is 12.5. The molecule has 26 heavy (non-hydrogen) atoms. The number of aryl methyl sites for hydroxylation is 1. The molecule has 2 aromatic rings. The lowest BCUT2D eigenvalue weighted by Crippen LogP contribution is -2.37. The third-order valence-electron chi connectivity index (χ3n) is 4.61. The fraction of sp³-hybridized carbons (Fsp3) is 0.238. The number of hydrogen-bond acceptors (Lipinski definition) is 2. The average Bonchev–Trinajstić information content (AvgIpc) is 3.09. The molecule has 2 aromatic carbocycles. The van der Waals surface area contributed by atoms with E-state index in [4.69, 9.17) is 5.73 Å². The van der Waals surface area contributed by atoms with E-state index in [0.29, 0.717) is 11.3 Å². The standard InChI is InChI=1S/C21H23N3O2/c1-15-14-17(10-12-19(15)20(22)25)23-21(26)24-13-5-8-18(24)11-9-16-6-3-2-4-7-16/h2-4,6-7,9-12,14,18H,5,8,13H2,1H3,(H2,22,25)(H,23,26)/b11-9+/t18-/m0/s1. The number of likely N-dealkylation sites (tertiary alicyclic amines) is 1. The summed E-state index contributed by atoms with van der Waals surface area (Å²) in [4.78, 5) is 25.8. The second-order valence-electron chi connectivity index (χ2n) is 6.50. The van der Waals surface area contributed by atoms with Crippen LogP contribution in [-0.4, -0.2) is 29.4 Å². The van der Waals surface area contributed by atoms with E-state index in [-0.39, 0.29) is 12.1 Å². The Labute approximate surface area is 153 Å². The van der Waals surface area contributed by atoms with Gasteiger partial charge in [0.15, 0.2) is 0 Å². The summed E-state index contributed by atoms with van der Waals surface area (Å²) < 4.78 is 0. The molecule has 0 aliphatic carbocycles. The van der Waals surface area contributed by atoms with E-state index in [0.717, 1.165) is 30.5 Å². The van der Waals surface area contributed by atoms with Gasteiger partial charge in [-0.1, -0.05) is 42.5 Å². The lowest BCUT2D eigenvalue weighted by Gasteiger charge is -2.23. The highest BCUT2D eigenvalue weighted by atomic mass is 16.2. The highest BCUT2D eigenvalue weighted by molar-refractivity contribution is 5.96.